The van der Waals surface area contributed by atoms with Gasteiger partial charge in [-0.3, -0.25) is 4.98 Å². The molecule has 196 valence electrons. The summed E-state index contributed by atoms with van der Waals surface area (Å²) in [5.41, 5.74) is 4.43. The van der Waals surface area contributed by atoms with E-state index in [9.17, 15) is 9.59 Å². The number of hydrogen-bond acceptors (Lipinski definition) is 7. The average Bonchev–Trinajstić information content (AvgIpc) is 3.00. The van der Waals surface area contributed by atoms with E-state index in [2.05, 4.69) is 10.3 Å². The van der Waals surface area contributed by atoms with Gasteiger partial charge >= 0.3 is 11.9 Å². The molecule has 2 N–H and O–H groups in total. The van der Waals surface area contributed by atoms with Crippen molar-refractivity contribution in [2.75, 3.05) is 19.5 Å². The predicted octanol–water partition coefficient (Wildman–Crippen LogP) is 6.42. The van der Waals surface area contributed by atoms with Crippen LogP contribution in [0.1, 0.15) is 20.7 Å². The number of para-hydroxylation sites is 2. The maximum Gasteiger partial charge on any atom is 0.340 e. The van der Waals surface area contributed by atoms with E-state index in [4.69, 9.17) is 19.5 Å². The molecule has 0 saturated carbocycles. The minimum absolute atomic E-state index is 0.391. The van der Waals surface area contributed by atoms with E-state index >= 15 is 0 Å². The molecule has 0 spiro atoms. The first-order valence-electron chi connectivity index (χ1n) is 12.6. The van der Waals surface area contributed by atoms with E-state index in [1.807, 2.05) is 60.8 Å². The van der Waals surface area contributed by atoms with E-state index < -0.39 is 11.9 Å². The first-order chi connectivity index (χ1) is 19.6. The molecular formula is C32H24N4O4. The number of hydrogen-bond donors (Lipinski definition) is 2. The van der Waals surface area contributed by atoms with Crippen LogP contribution in [-0.2, 0) is 9.47 Å². The second kappa shape index (κ2) is 10.3. The van der Waals surface area contributed by atoms with Gasteiger partial charge in [-0.05, 0) is 41.8 Å². The Morgan fingerprint density at radius 1 is 0.775 bits per heavy atom. The van der Waals surface area contributed by atoms with Crippen LogP contribution in [0, 0.1) is 0 Å². The number of rotatable bonds is 5. The zero-order valence-corrected chi connectivity index (χ0v) is 21.8. The standard InChI is InChI=1S/C32H24N4O4/c1-39-31(37)22-7-3-5-9-24(22)35-26-15-17-33-29-20(26)13-11-19-12-14-21-27(16-18-34-30(21)28(19)29)36-25-10-6-4-8-23(25)32(38)40-2/h3-18H,1-2H3,(H,33,35)(H,34,36). The van der Waals surface area contributed by atoms with Gasteiger partial charge in [-0.15, -0.1) is 0 Å². The van der Waals surface area contributed by atoms with Crippen molar-refractivity contribution in [3.63, 3.8) is 0 Å². The summed E-state index contributed by atoms with van der Waals surface area (Å²) in [7, 11) is 2.72. The van der Waals surface area contributed by atoms with Crippen molar-refractivity contribution in [3.05, 3.63) is 114 Å². The number of carbonyl (C=O) groups is 2. The highest BCUT2D eigenvalue weighted by atomic mass is 16.5. The van der Waals surface area contributed by atoms with Crippen LogP contribution in [0.2, 0.25) is 0 Å². The van der Waals surface area contributed by atoms with Crippen molar-refractivity contribution < 1.29 is 19.1 Å². The summed E-state index contributed by atoms with van der Waals surface area (Å²) < 4.78 is 9.90. The third kappa shape index (κ3) is 4.31. The van der Waals surface area contributed by atoms with Crippen molar-refractivity contribution in [1.82, 2.24) is 9.97 Å². The van der Waals surface area contributed by atoms with E-state index in [0.29, 0.717) is 27.9 Å². The van der Waals surface area contributed by atoms with Crippen LogP contribution in [0.15, 0.2) is 102 Å². The van der Waals surface area contributed by atoms with E-state index in [-0.39, 0.29) is 0 Å². The van der Waals surface area contributed by atoms with Crippen LogP contribution in [0.5, 0.6) is 0 Å². The number of H-pyrrole nitrogens is 1. The number of aromatic amines is 1. The zero-order chi connectivity index (χ0) is 27.6. The summed E-state index contributed by atoms with van der Waals surface area (Å²) in [6, 6.07) is 26.2. The van der Waals surface area contributed by atoms with Gasteiger partial charge in [0.1, 0.15) is 0 Å². The van der Waals surface area contributed by atoms with Crippen molar-refractivity contribution in [1.29, 1.82) is 0 Å². The molecule has 0 aliphatic rings. The normalized spacial score (nSPS) is 11.6. The Kier molecular flexibility index (Phi) is 6.41. The molecule has 2 aromatic heterocycles. The molecule has 0 aliphatic carbocycles. The van der Waals surface area contributed by atoms with Crippen LogP contribution < -0.4 is 10.7 Å². The number of ether oxygens (including phenoxy) is 2. The van der Waals surface area contributed by atoms with Gasteiger partial charge < -0.3 is 19.8 Å². The lowest BCUT2D eigenvalue weighted by Crippen LogP contribution is -2.06. The van der Waals surface area contributed by atoms with Gasteiger partial charge in [0.2, 0.25) is 0 Å². The van der Waals surface area contributed by atoms with Gasteiger partial charge in [-0.2, -0.15) is 0 Å². The van der Waals surface area contributed by atoms with Gasteiger partial charge in [0.25, 0.3) is 0 Å². The molecule has 8 nitrogen and oxygen atoms in total. The maximum atomic E-state index is 12.3. The molecule has 8 heteroatoms. The fourth-order valence-electron chi connectivity index (χ4n) is 4.90. The molecule has 6 rings (SSSR count). The van der Waals surface area contributed by atoms with Gasteiger partial charge in [0, 0.05) is 34.2 Å². The van der Waals surface area contributed by atoms with Crippen LogP contribution >= 0.6 is 0 Å². The second-order valence-electron chi connectivity index (χ2n) is 9.05. The largest absolute Gasteiger partial charge is 0.465 e. The number of anilines is 2. The number of aromatic nitrogens is 2. The summed E-state index contributed by atoms with van der Waals surface area (Å²) in [5.74, 6) is -0.863. The Hall–Kier alpha value is -5.50. The molecule has 0 unspecified atom stereocenters. The molecular weight excluding hydrogens is 504 g/mol. The molecule has 0 saturated heterocycles. The van der Waals surface area contributed by atoms with Gasteiger partial charge in [-0.25, -0.2) is 14.6 Å². The average molecular weight is 529 g/mol. The molecule has 0 amide bonds. The zero-order valence-electron chi connectivity index (χ0n) is 21.8. The summed E-state index contributed by atoms with van der Waals surface area (Å²) in [4.78, 5) is 37.6. The molecule has 0 atom stereocenters. The van der Waals surface area contributed by atoms with Gasteiger partial charge in [0.05, 0.1) is 53.1 Å². The Balaban J connectivity index is 1.56. The molecule has 2 heterocycles. The highest BCUT2D eigenvalue weighted by molar-refractivity contribution is 6.19. The Labute approximate surface area is 228 Å². The van der Waals surface area contributed by atoms with Gasteiger partial charge in [0.15, 0.2) is 0 Å². The molecule has 0 aliphatic heterocycles. The number of nitrogens with zero attached hydrogens (tertiary/aromatic N) is 2. The Morgan fingerprint density at radius 3 is 2.27 bits per heavy atom. The first-order valence-corrected chi connectivity index (χ1v) is 12.6. The summed E-state index contributed by atoms with van der Waals surface area (Å²) in [6.07, 6.45) is 3.57. The fraction of sp³-hybridized carbons (Fsp3) is 0.0625. The van der Waals surface area contributed by atoms with E-state index in [1.54, 1.807) is 36.5 Å². The van der Waals surface area contributed by atoms with E-state index in [0.717, 1.165) is 38.3 Å². The smallest absolute Gasteiger partial charge is 0.340 e. The molecule has 0 fully saturated rings. The summed E-state index contributed by atoms with van der Waals surface area (Å²) >= 11 is 0. The molecule has 6 aromatic rings. The minimum Gasteiger partial charge on any atom is -0.465 e. The number of nitrogens with one attached hydrogen (secondary N) is 2. The Bertz CT molecular complexity index is 2010. The highest BCUT2D eigenvalue weighted by Gasteiger charge is 2.15. The maximum absolute atomic E-state index is 12.3. The van der Waals surface area contributed by atoms with Crippen molar-refractivity contribution in [2.24, 2.45) is 4.99 Å². The molecule has 0 radical (unpaired) electrons. The lowest BCUT2D eigenvalue weighted by molar-refractivity contribution is 0.0593. The van der Waals surface area contributed by atoms with Crippen LogP contribution in [0.3, 0.4) is 0 Å². The van der Waals surface area contributed by atoms with E-state index in [1.165, 1.54) is 14.2 Å². The highest BCUT2D eigenvalue weighted by Crippen LogP contribution is 2.34. The molecule has 40 heavy (non-hydrogen) atoms. The number of benzene rings is 4. The molecule has 4 aromatic carbocycles. The van der Waals surface area contributed by atoms with Crippen molar-refractivity contribution in [2.45, 2.75) is 0 Å². The second-order valence-corrected chi connectivity index (χ2v) is 9.05. The van der Waals surface area contributed by atoms with Crippen LogP contribution in [0.4, 0.5) is 17.1 Å². The van der Waals surface area contributed by atoms with Gasteiger partial charge in [-0.1, -0.05) is 48.5 Å². The third-order valence-electron chi connectivity index (χ3n) is 6.79. The monoisotopic (exact) mass is 528 g/mol. The number of methoxy groups -OCH3 is 2. The van der Waals surface area contributed by atoms with Crippen LogP contribution in [0.25, 0.3) is 32.6 Å². The topological polar surface area (TPSA) is 106 Å². The number of pyridine rings is 2. The number of carbonyl (C=O) groups excluding carboxylic acids is 2. The fourth-order valence-corrected chi connectivity index (χ4v) is 4.90. The minimum atomic E-state index is -0.444. The SMILES string of the molecule is COC(=O)c1ccccc1N=c1cc[nH]c2c1ccc1ccc3c(Nc4ccccc4C(=O)OC)ccnc3c12. The summed E-state index contributed by atoms with van der Waals surface area (Å²) in [5, 5.41) is 7.78. The number of esters is 2. The Morgan fingerprint density at radius 2 is 1.48 bits per heavy atom. The number of fused-ring (bicyclic) bond motifs is 5. The molecule has 0 bridgehead atoms. The first kappa shape index (κ1) is 24.8. The summed E-state index contributed by atoms with van der Waals surface area (Å²) in [6.45, 7) is 0. The van der Waals surface area contributed by atoms with Crippen molar-refractivity contribution >= 4 is 61.6 Å². The lowest BCUT2D eigenvalue weighted by atomic mass is 10.0. The third-order valence-corrected chi connectivity index (χ3v) is 6.79. The van der Waals surface area contributed by atoms with Crippen LogP contribution in [-0.4, -0.2) is 36.1 Å². The lowest BCUT2D eigenvalue weighted by Gasteiger charge is -2.14. The van der Waals surface area contributed by atoms with Crippen molar-refractivity contribution in [3.8, 4) is 0 Å². The predicted molar refractivity (Wildman–Crippen MR) is 155 cm³/mol. The quantitative estimate of drug-likeness (QED) is 0.198.